The average molecular weight is 444 g/mol. The molecule has 2 heterocycles. The van der Waals surface area contributed by atoms with Gasteiger partial charge in [0.25, 0.3) is 0 Å². The molecule has 1 fully saturated rings. The van der Waals surface area contributed by atoms with Crippen LogP contribution >= 0.6 is 0 Å². The summed E-state index contributed by atoms with van der Waals surface area (Å²) in [6.07, 6.45) is -4.73. The molecular weight excluding hydrogens is 425 g/mol. The summed E-state index contributed by atoms with van der Waals surface area (Å²) in [6.45, 7) is 2.14. The summed E-state index contributed by atoms with van der Waals surface area (Å²) in [6, 6.07) is 14.5. The van der Waals surface area contributed by atoms with Crippen LogP contribution in [-0.4, -0.2) is 34.5 Å². The lowest BCUT2D eigenvalue weighted by Crippen LogP contribution is -2.24. The van der Waals surface area contributed by atoms with Crippen molar-refractivity contribution in [2.75, 3.05) is 11.9 Å². The van der Waals surface area contributed by atoms with Gasteiger partial charge in [-0.3, -0.25) is 9.59 Å². The zero-order valence-corrected chi connectivity index (χ0v) is 16.9. The van der Waals surface area contributed by atoms with Crippen LogP contribution in [-0.2, 0) is 9.59 Å². The van der Waals surface area contributed by atoms with Crippen LogP contribution in [0.25, 0.3) is 16.9 Å². The number of carbonyl (C=O) groups excluding carboxylic acids is 2. The number of halogens is 3. The number of nitrogens with one attached hydrogen (secondary N) is 2. The molecule has 4 rings (SSSR count). The van der Waals surface area contributed by atoms with E-state index in [1.54, 1.807) is 18.2 Å². The van der Waals surface area contributed by atoms with Gasteiger partial charge in [0.15, 0.2) is 5.82 Å². The first kappa shape index (κ1) is 21.4. The third-order valence-electron chi connectivity index (χ3n) is 4.92. The zero-order valence-electron chi connectivity index (χ0n) is 16.9. The van der Waals surface area contributed by atoms with Crippen LogP contribution < -0.4 is 15.4 Å². The lowest BCUT2D eigenvalue weighted by molar-refractivity contribution is -0.274. The SMILES string of the molecule is Cc1cccc(-n2nc(NC(=O)C3CNC(=O)C3)cc2-c2cccc(OC(F)(F)F)c2)c1. The normalized spacial score (nSPS) is 16.0. The molecule has 1 atom stereocenters. The van der Waals surface area contributed by atoms with E-state index in [2.05, 4.69) is 20.5 Å². The molecule has 3 aromatic rings. The Balaban J connectivity index is 1.71. The van der Waals surface area contributed by atoms with E-state index in [9.17, 15) is 22.8 Å². The molecule has 0 aliphatic carbocycles. The number of benzene rings is 2. The topological polar surface area (TPSA) is 85.3 Å². The van der Waals surface area contributed by atoms with Crippen molar-refractivity contribution in [2.24, 2.45) is 5.92 Å². The van der Waals surface area contributed by atoms with Crippen LogP contribution in [0.4, 0.5) is 19.0 Å². The molecule has 166 valence electrons. The maximum Gasteiger partial charge on any atom is 0.573 e. The van der Waals surface area contributed by atoms with Crippen molar-refractivity contribution in [3.05, 3.63) is 60.2 Å². The molecule has 1 aliphatic rings. The van der Waals surface area contributed by atoms with E-state index in [1.165, 1.54) is 22.9 Å². The summed E-state index contributed by atoms with van der Waals surface area (Å²) < 4.78 is 43.6. The Morgan fingerprint density at radius 1 is 1.19 bits per heavy atom. The highest BCUT2D eigenvalue weighted by molar-refractivity contribution is 5.97. The highest BCUT2D eigenvalue weighted by atomic mass is 19.4. The predicted octanol–water partition coefficient (Wildman–Crippen LogP) is 3.82. The molecule has 10 heteroatoms. The summed E-state index contributed by atoms with van der Waals surface area (Å²) in [4.78, 5) is 23.9. The minimum atomic E-state index is -4.82. The smallest absolute Gasteiger partial charge is 0.406 e. The van der Waals surface area contributed by atoms with Gasteiger partial charge in [-0.2, -0.15) is 0 Å². The first-order valence-corrected chi connectivity index (χ1v) is 9.79. The number of aromatic nitrogens is 2. The number of rotatable bonds is 5. The minimum absolute atomic E-state index is 0.0914. The maximum atomic E-state index is 12.7. The molecule has 0 spiro atoms. The van der Waals surface area contributed by atoms with Crippen LogP contribution in [0.15, 0.2) is 54.6 Å². The Bertz CT molecular complexity index is 1170. The van der Waals surface area contributed by atoms with Crippen LogP contribution in [0.3, 0.4) is 0 Å². The standard InChI is InChI=1S/C22H19F3N4O3/c1-13-4-2-6-16(8-13)29-18(14-5-3-7-17(9-14)32-22(23,24)25)11-19(28-29)27-21(31)15-10-20(30)26-12-15/h2-9,11,15H,10,12H2,1H3,(H,26,30)(H,27,28,31). The quantitative estimate of drug-likeness (QED) is 0.627. The third kappa shape index (κ3) is 4.90. The average Bonchev–Trinajstić information content (AvgIpc) is 3.33. The summed E-state index contributed by atoms with van der Waals surface area (Å²) in [5, 5.41) is 9.75. The monoisotopic (exact) mass is 444 g/mol. The number of ether oxygens (including phenoxy) is 1. The number of nitrogens with zero attached hydrogens (tertiary/aromatic N) is 2. The summed E-state index contributed by atoms with van der Waals surface area (Å²) in [5.41, 5.74) is 2.50. The first-order chi connectivity index (χ1) is 15.2. The van der Waals surface area contributed by atoms with Gasteiger partial charge in [-0.25, -0.2) is 4.68 Å². The molecule has 0 radical (unpaired) electrons. The summed E-state index contributed by atoms with van der Waals surface area (Å²) >= 11 is 0. The van der Waals surface area contributed by atoms with Gasteiger partial charge in [-0.05, 0) is 36.8 Å². The van der Waals surface area contributed by atoms with Crippen LogP contribution in [0.2, 0.25) is 0 Å². The van der Waals surface area contributed by atoms with E-state index in [-0.39, 0.29) is 36.3 Å². The minimum Gasteiger partial charge on any atom is -0.406 e. The molecule has 0 saturated carbocycles. The van der Waals surface area contributed by atoms with Crippen molar-refractivity contribution in [1.29, 1.82) is 0 Å². The molecule has 0 bridgehead atoms. The highest BCUT2D eigenvalue weighted by Gasteiger charge is 2.31. The number of alkyl halides is 3. The van der Waals surface area contributed by atoms with E-state index < -0.39 is 12.3 Å². The second kappa shape index (κ2) is 8.37. The van der Waals surface area contributed by atoms with Gasteiger partial charge < -0.3 is 15.4 Å². The predicted molar refractivity (Wildman–Crippen MR) is 110 cm³/mol. The number of hydrogen-bond acceptors (Lipinski definition) is 4. The first-order valence-electron chi connectivity index (χ1n) is 9.79. The Morgan fingerprint density at radius 2 is 1.97 bits per heavy atom. The molecule has 1 aliphatic heterocycles. The van der Waals surface area contributed by atoms with E-state index in [1.807, 2.05) is 25.1 Å². The number of amides is 2. The molecule has 2 aromatic carbocycles. The van der Waals surface area contributed by atoms with E-state index in [0.717, 1.165) is 5.56 Å². The fourth-order valence-electron chi connectivity index (χ4n) is 3.48. The van der Waals surface area contributed by atoms with Gasteiger partial charge in [-0.15, -0.1) is 18.3 Å². The van der Waals surface area contributed by atoms with Gasteiger partial charge in [0.1, 0.15) is 5.75 Å². The van der Waals surface area contributed by atoms with Crippen molar-refractivity contribution in [3.8, 4) is 22.7 Å². The van der Waals surface area contributed by atoms with Crippen molar-refractivity contribution in [3.63, 3.8) is 0 Å². The van der Waals surface area contributed by atoms with Gasteiger partial charge in [-0.1, -0.05) is 24.3 Å². The molecule has 1 saturated heterocycles. The van der Waals surface area contributed by atoms with Gasteiger partial charge in [0.2, 0.25) is 11.8 Å². The van der Waals surface area contributed by atoms with Gasteiger partial charge in [0, 0.05) is 24.6 Å². The van der Waals surface area contributed by atoms with Gasteiger partial charge >= 0.3 is 6.36 Å². The van der Waals surface area contributed by atoms with Crippen LogP contribution in [0, 0.1) is 12.8 Å². The second-order valence-electron chi connectivity index (χ2n) is 7.44. The van der Waals surface area contributed by atoms with Crippen molar-refractivity contribution in [1.82, 2.24) is 15.1 Å². The number of hydrogen-bond donors (Lipinski definition) is 2. The van der Waals surface area contributed by atoms with Crippen molar-refractivity contribution < 1.29 is 27.5 Å². The molecular formula is C22H19F3N4O3. The van der Waals surface area contributed by atoms with Crippen LogP contribution in [0.1, 0.15) is 12.0 Å². The second-order valence-corrected chi connectivity index (χ2v) is 7.44. The fourth-order valence-corrected chi connectivity index (χ4v) is 3.48. The molecule has 7 nitrogen and oxygen atoms in total. The Kier molecular flexibility index (Phi) is 5.60. The lowest BCUT2D eigenvalue weighted by atomic mass is 10.1. The molecule has 1 unspecified atom stereocenters. The maximum absolute atomic E-state index is 12.7. The Morgan fingerprint density at radius 3 is 2.66 bits per heavy atom. The largest absolute Gasteiger partial charge is 0.573 e. The molecule has 2 amide bonds. The molecule has 32 heavy (non-hydrogen) atoms. The van der Waals surface area contributed by atoms with E-state index in [4.69, 9.17) is 0 Å². The lowest BCUT2D eigenvalue weighted by Gasteiger charge is -2.11. The molecule has 1 aromatic heterocycles. The summed E-state index contributed by atoms with van der Waals surface area (Å²) in [7, 11) is 0. The zero-order chi connectivity index (χ0) is 22.9. The summed E-state index contributed by atoms with van der Waals surface area (Å²) in [5.74, 6) is -1.23. The highest BCUT2D eigenvalue weighted by Crippen LogP contribution is 2.31. The van der Waals surface area contributed by atoms with Crippen LogP contribution in [0.5, 0.6) is 5.75 Å². The van der Waals surface area contributed by atoms with Gasteiger partial charge in [0.05, 0.1) is 17.3 Å². The van der Waals surface area contributed by atoms with Crippen molar-refractivity contribution >= 4 is 17.6 Å². The Hall–Kier alpha value is -3.82. The Labute approximate surface area is 181 Å². The molecule has 2 N–H and O–H groups in total. The third-order valence-corrected chi connectivity index (χ3v) is 4.92. The number of anilines is 1. The number of carbonyl (C=O) groups is 2. The fraction of sp³-hybridized carbons (Fsp3) is 0.227. The van der Waals surface area contributed by atoms with Crippen molar-refractivity contribution in [2.45, 2.75) is 19.7 Å². The van der Waals surface area contributed by atoms with E-state index >= 15 is 0 Å². The number of aryl methyl sites for hydroxylation is 1. The van der Waals surface area contributed by atoms with E-state index in [0.29, 0.717) is 16.9 Å².